The van der Waals surface area contributed by atoms with Crippen molar-refractivity contribution in [1.82, 2.24) is 15.1 Å². The first-order valence-corrected chi connectivity index (χ1v) is 8.72. The van der Waals surface area contributed by atoms with Crippen molar-refractivity contribution in [2.45, 2.75) is 31.7 Å². The normalized spacial score (nSPS) is 23.0. The Bertz CT molecular complexity index is 514. The molecule has 2 fully saturated rings. The molecule has 2 heterocycles. The Balaban J connectivity index is 1.58. The number of nitrogens with zero attached hydrogens (tertiary/aromatic N) is 2. The first-order valence-electron chi connectivity index (χ1n) is 8.72. The molecule has 5 heteroatoms. The highest BCUT2D eigenvalue weighted by Gasteiger charge is 2.25. The Labute approximate surface area is 137 Å². The van der Waals surface area contributed by atoms with E-state index in [4.69, 9.17) is 0 Å². The number of likely N-dealkylation sites (tertiary alicyclic amines) is 1. The number of halogens is 1. The van der Waals surface area contributed by atoms with E-state index in [0.717, 1.165) is 45.7 Å². The number of benzene rings is 1. The Hall–Kier alpha value is -1.46. The van der Waals surface area contributed by atoms with Crippen LogP contribution in [0.15, 0.2) is 24.3 Å². The van der Waals surface area contributed by atoms with Gasteiger partial charge < -0.3 is 10.2 Å². The number of hydrogen-bond donors (Lipinski definition) is 1. The van der Waals surface area contributed by atoms with Gasteiger partial charge in [-0.2, -0.15) is 0 Å². The van der Waals surface area contributed by atoms with E-state index in [2.05, 4.69) is 10.2 Å². The molecule has 2 aliphatic heterocycles. The van der Waals surface area contributed by atoms with E-state index in [0.29, 0.717) is 12.5 Å². The fourth-order valence-corrected chi connectivity index (χ4v) is 3.63. The lowest BCUT2D eigenvalue weighted by Crippen LogP contribution is -2.47. The van der Waals surface area contributed by atoms with Crippen molar-refractivity contribution in [3.05, 3.63) is 35.6 Å². The third-order valence-corrected chi connectivity index (χ3v) is 4.95. The summed E-state index contributed by atoms with van der Waals surface area (Å²) in [5, 5.41) is 3.27. The maximum atomic E-state index is 13.1. The van der Waals surface area contributed by atoms with Crippen LogP contribution in [0.5, 0.6) is 0 Å². The molecular formula is C18H26FN3O. The van der Waals surface area contributed by atoms with Gasteiger partial charge in [-0.25, -0.2) is 4.39 Å². The van der Waals surface area contributed by atoms with Crippen LogP contribution in [0.3, 0.4) is 0 Å². The number of carbonyl (C=O) groups is 1. The highest BCUT2D eigenvalue weighted by atomic mass is 19.1. The minimum Gasteiger partial charge on any atom is -0.340 e. The van der Waals surface area contributed by atoms with Crippen molar-refractivity contribution >= 4 is 5.91 Å². The monoisotopic (exact) mass is 319 g/mol. The molecule has 0 aromatic heterocycles. The van der Waals surface area contributed by atoms with Gasteiger partial charge in [-0.1, -0.05) is 18.6 Å². The molecule has 1 N–H and O–H groups in total. The van der Waals surface area contributed by atoms with Gasteiger partial charge in [0.15, 0.2) is 0 Å². The van der Waals surface area contributed by atoms with Crippen LogP contribution in [0.25, 0.3) is 0 Å². The van der Waals surface area contributed by atoms with E-state index < -0.39 is 0 Å². The van der Waals surface area contributed by atoms with Crippen LogP contribution >= 0.6 is 0 Å². The average Bonchev–Trinajstić information content (AvgIpc) is 2.61. The van der Waals surface area contributed by atoms with E-state index >= 15 is 0 Å². The fourth-order valence-electron chi connectivity index (χ4n) is 3.63. The zero-order valence-corrected chi connectivity index (χ0v) is 13.6. The molecule has 0 spiro atoms. The van der Waals surface area contributed by atoms with Gasteiger partial charge in [-0.05, 0) is 37.1 Å². The second kappa shape index (κ2) is 7.88. The summed E-state index contributed by atoms with van der Waals surface area (Å²) >= 11 is 0. The van der Waals surface area contributed by atoms with Crippen LogP contribution in [0.4, 0.5) is 4.39 Å². The molecule has 1 aromatic carbocycles. The lowest BCUT2D eigenvalue weighted by molar-refractivity contribution is -0.132. The lowest BCUT2D eigenvalue weighted by Gasteiger charge is -2.36. The molecule has 1 unspecified atom stereocenters. The Kier molecular flexibility index (Phi) is 5.62. The SMILES string of the molecule is O=C(CCN1CCCCC1c1ccc(F)cc1)N1CCNCC1. The van der Waals surface area contributed by atoms with Crippen molar-refractivity contribution in [2.24, 2.45) is 0 Å². The summed E-state index contributed by atoms with van der Waals surface area (Å²) < 4.78 is 13.1. The molecule has 2 aliphatic rings. The molecule has 0 radical (unpaired) electrons. The van der Waals surface area contributed by atoms with Gasteiger partial charge >= 0.3 is 0 Å². The number of rotatable bonds is 4. The molecule has 3 rings (SSSR count). The average molecular weight is 319 g/mol. The predicted molar refractivity (Wildman–Crippen MR) is 88.6 cm³/mol. The van der Waals surface area contributed by atoms with E-state index in [1.165, 1.54) is 30.5 Å². The zero-order chi connectivity index (χ0) is 16.1. The van der Waals surface area contributed by atoms with Crippen LogP contribution in [0, 0.1) is 5.82 Å². The Morgan fingerprint density at radius 3 is 2.61 bits per heavy atom. The third-order valence-electron chi connectivity index (χ3n) is 4.95. The van der Waals surface area contributed by atoms with Gasteiger partial charge in [0.1, 0.15) is 5.82 Å². The smallest absolute Gasteiger partial charge is 0.223 e. The van der Waals surface area contributed by atoms with E-state index in [1.54, 1.807) is 0 Å². The maximum absolute atomic E-state index is 13.1. The molecule has 126 valence electrons. The lowest BCUT2D eigenvalue weighted by atomic mass is 9.95. The second-order valence-corrected chi connectivity index (χ2v) is 6.48. The Morgan fingerprint density at radius 2 is 1.87 bits per heavy atom. The number of hydrogen-bond acceptors (Lipinski definition) is 3. The molecule has 1 aromatic rings. The highest BCUT2D eigenvalue weighted by Crippen LogP contribution is 2.31. The van der Waals surface area contributed by atoms with Gasteiger partial charge in [0, 0.05) is 45.2 Å². The molecule has 1 amide bonds. The number of nitrogens with one attached hydrogen (secondary N) is 1. The number of carbonyl (C=O) groups excluding carboxylic acids is 1. The highest BCUT2D eigenvalue weighted by molar-refractivity contribution is 5.76. The van der Waals surface area contributed by atoms with Crippen LogP contribution in [0.1, 0.15) is 37.3 Å². The molecule has 0 saturated carbocycles. The van der Waals surface area contributed by atoms with Gasteiger partial charge in [-0.3, -0.25) is 9.69 Å². The van der Waals surface area contributed by atoms with Crippen LogP contribution < -0.4 is 5.32 Å². The predicted octanol–water partition coefficient (Wildman–Crippen LogP) is 2.17. The fraction of sp³-hybridized carbons (Fsp3) is 0.611. The third kappa shape index (κ3) is 4.30. The minimum atomic E-state index is -0.190. The molecular weight excluding hydrogens is 293 g/mol. The maximum Gasteiger partial charge on any atom is 0.223 e. The molecule has 4 nitrogen and oxygen atoms in total. The minimum absolute atomic E-state index is 0.190. The summed E-state index contributed by atoms with van der Waals surface area (Å²) in [5.41, 5.74) is 1.17. The summed E-state index contributed by atoms with van der Waals surface area (Å²) in [6, 6.07) is 7.16. The van der Waals surface area contributed by atoms with Gasteiger partial charge in [0.2, 0.25) is 5.91 Å². The zero-order valence-electron chi connectivity index (χ0n) is 13.6. The van der Waals surface area contributed by atoms with E-state index in [-0.39, 0.29) is 11.7 Å². The molecule has 0 bridgehead atoms. The summed E-state index contributed by atoms with van der Waals surface area (Å²) in [5.74, 6) is 0.0694. The van der Waals surface area contributed by atoms with Crippen molar-refractivity contribution in [3.63, 3.8) is 0 Å². The standard InChI is InChI=1S/C18H26FN3O/c19-16-6-4-15(5-7-16)17-3-1-2-11-21(17)12-8-18(23)22-13-9-20-10-14-22/h4-7,17,20H,1-3,8-14H2. The van der Waals surface area contributed by atoms with Crippen molar-refractivity contribution in [2.75, 3.05) is 39.3 Å². The van der Waals surface area contributed by atoms with Gasteiger partial charge in [0.05, 0.1) is 0 Å². The first kappa shape index (κ1) is 16.4. The molecule has 2 saturated heterocycles. The topological polar surface area (TPSA) is 35.6 Å². The van der Waals surface area contributed by atoms with Crippen LogP contribution in [-0.4, -0.2) is 55.0 Å². The van der Waals surface area contributed by atoms with Crippen LogP contribution in [-0.2, 0) is 4.79 Å². The largest absolute Gasteiger partial charge is 0.340 e. The number of amides is 1. The van der Waals surface area contributed by atoms with E-state index in [1.807, 2.05) is 17.0 Å². The van der Waals surface area contributed by atoms with Gasteiger partial charge in [-0.15, -0.1) is 0 Å². The first-order chi connectivity index (χ1) is 11.2. The van der Waals surface area contributed by atoms with Crippen molar-refractivity contribution < 1.29 is 9.18 Å². The van der Waals surface area contributed by atoms with Crippen molar-refractivity contribution in [3.8, 4) is 0 Å². The summed E-state index contributed by atoms with van der Waals surface area (Å²) in [4.78, 5) is 16.7. The summed E-state index contributed by atoms with van der Waals surface area (Å²) in [7, 11) is 0. The van der Waals surface area contributed by atoms with Crippen LogP contribution in [0.2, 0.25) is 0 Å². The molecule has 0 aliphatic carbocycles. The molecule has 23 heavy (non-hydrogen) atoms. The quantitative estimate of drug-likeness (QED) is 0.924. The van der Waals surface area contributed by atoms with E-state index in [9.17, 15) is 9.18 Å². The number of piperidine rings is 1. The van der Waals surface area contributed by atoms with Crippen molar-refractivity contribution in [1.29, 1.82) is 0 Å². The number of piperazine rings is 1. The summed E-state index contributed by atoms with van der Waals surface area (Å²) in [6.45, 7) is 5.25. The second-order valence-electron chi connectivity index (χ2n) is 6.48. The Morgan fingerprint density at radius 1 is 1.13 bits per heavy atom. The van der Waals surface area contributed by atoms with Gasteiger partial charge in [0.25, 0.3) is 0 Å². The molecule has 1 atom stereocenters. The summed E-state index contributed by atoms with van der Waals surface area (Å²) in [6.07, 6.45) is 4.05.